The van der Waals surface area contributed by atoms with E-state index < -0.39 is 0 Å². The van der Waals surface area contributed by atoms with Gasteiger partial charge in [0.05, 0.1) is 11.9 Å². The second-order valence-corrected chi connectivity index (χ2v) is 5.53. The van der Waals surface area contributed by atoms with Crippen LogP contribution in [0.25, 0.3) is 5.69 Å². The van der Waals surface area contributed by atoms with Crippen LogP contribution in [-0.4, -0.2) is 45.4 Å². The average Bonchev–Trinajstić information content (AvgIpc) is 3.16. The standard InChI is InChI=1S/C15H19N5O/c1-11-3-2-4-13(7-11)20-10-14(17-18-20)15(21)19-6-5-12(8-16)9-19/h2-4,7,10,12H,5-6,8-9,16H2,1H3. The number of amides is 1. The van der Waals surface area contributed by atoms with Gasteiger partial charge < -0.3 is 10.6 Å². The van der Waals surface area contributed by atoms with E-state index in [0.29, 0.717) is 24.7 Å². The molecule has 1 unspecified atom stereocenters. The normalized spacial score (nSPS) is 18.2. The van der Waals surface area contributed by atoms with Crippen LogP contribution in [0.2, 0.25) is 0 Å². The van der Waals surface area contributed by atoms with E-state index >= 15 is 0 Å². The van der Waals surface area contributed by atoms with Crippen LogP contribution in [0.15, 0.2) is 30.5 Å². The van der Waals surface area contributed by atoms with Crippen molar-refractivity contribution in [3.05, 3.63) is 41.7 Å². The lowest BCUT2D eigenvalue weighted by molar-refractivity contribution is 0.0782. The van der Waals surface area contributed by atoms with Crippen LogP contribution in [0.5, 0.6) is 0 Å². The zero-order valence-electron chi connectivity index (χ0n) is 12.1. The Balaban J connectivity index is 1.77. The summed E-state index contributed by atoms with van der Waals surface area (Å²) in [4.78, 5) is 14.2. The SMILES string of the molecule is Cc1cccc(-n2cc(C(=O)N3CCC(CN)C3)nn2)c1. The van der Waals surface area contributed by atoms with E-state index in [9.17, 15) is 4.79 Å². The molecule has 21 heavy (non-hydrogen) atoms. The van der Waals surface area contributed by atoms with Gasteiger partial charge >= 0.3 is 0 Å². The summed E-state index contributed by atoms with van der Waals surface area (Å²) in [5.74, 6) is 0.339. The van der Waals surface area contributed by atoms with E-state index in [-0.39, 0.29) is 5.91 Å². The molecular formula is C15H19N5O. The molecule has 0 spiro atoms. The molecule has 1 atom stereocenters. The molecule has 1 saturated heterocycles. The fourth-order valence-corrected chi connectivity index (χ4v) is 2.63. The van der Waals surface area contributed by atoms with Gasteiger partial charge in [0, 0.05) is 13.1 Å². The highest BCUT2D eigenvalue weighted by Crippen LogP contribution is 2.17. The van der Waals surface area contributed by atoms with Crippen molar-refractivity contribution in [1.29, 1.82) is 0 Å². The molecule has 1 aromatic heterocycles. The number of carbonyl (C=O) groups is 1. The Labute approximate surface area is 123 Å². The van der Waals surface area contributed by atoms with Crippen LogP contribution >= 0.6 is 0 Å². The number of nitrogens with zero attached hydrogens (tertiary/aromatic N) is 4. The van der Waals surface area contributed by atoms with Gasteiger partial charge in [0.2, 0.25) is 0 Å². The van der Waals surface area contributed by atoms with Crippen molar-refractivity contribution in [3.63, 3.8) is 0 Å². The molecule has 0 bridgehead atoms. The lowest BCUT2D eigenvalue weighted by Crippen LogP contribution is -2.30. The fourth-order valence-electron chi connectivity index (χ4n) is 2.63. The van der Waals surface area contributed by atoms with E-state index in [1.54, 1.807) is 10.9 Å². The van der Waals surface area contributed by atoms with Gasteiger partial charge in [-0.3, -0.25) is 4.79 Å². The van der Waals surface area contributed by atoms with Gasteiger partial charge in [-0.1, -0.05) is 17.3 Å². The van der Waals surface area contributed by atoms with Gasteiger partial charge in [0.1, 0.15) is 0 Å². The molecule has 6 nitrogen and oxygen atoms in total. The van der Waals surface area contributed by atoms with Crippen LogP contribution in [0.3, 0.4) is 0 Å². The molecule has 1 amide bonds. The van der Waals surface area contributed by atoms with Crippen molar-refractivity contribution in [3.8, 4) is 5.69 Å². The Morgan fingerprint density at radius 2 is 2.33 bits per heavy atom. The smallest absolute Gasteiger partial charge is 0.276 e. The summed E-state index contributed by atoms with van der Waals surface area (Å²) >= 11 is 0. The van der Waals surface area contributed by atoms with E-state index in [1.807, 2.05) is 36.1 Å². The average molecular weight is 285 g/mol. The molecule has 2 heterocycles. The fraction of sp³-hybridized carbons (Fsp3) is 0.400. The summed E-state index contributed by atoms with van der Waals surface area (Å²) in [6, 6.07) is 7.92. The van der Waals surface area contributed by atoms with Crippen LogP contribution in [0.4, 0.5) is 0 Å². The summed E-state index contributed by atoms with van der Waals surface area (Å²) in [6.45, 7) is 4.11. The summed E-state index contributed by atoms with van der Waals surface area (Å²) in [7, 11) is 0. The first kappa shape index (κ1) is 13.8. The first-order valence-electron chi connectivity index (χ1n) is 7.16. The second-order valence-electron chi connectivity index (χ2n) is 5.53. The quantitative estimate of drug-likeness (QED) is 0.912. The maximum atomic E-state index is 12.4. The zero-order valence-corrected chi connectivity index (χ0v) is 12.1. The number of likely N-dealkylation sites (tertiary alicyclic amines) is 1. The monoisotopic (exact) mass is 285 g/mol. The molecule has 0 radical (unpaired) electrons. The molecule has 3 rings (SSSR count). The number of aromatic nitrogens is 3. The first-order chi connectivity index (χ1) is 10.2. The van der Waals surface area contributed by atoms with Gasteiger partial charge in [-0.25, -0.2) is 4.68 Å². The molecule has 0 aliphatic carbocycles. The lowest BCUT2D eigenvalue weighted by Gasteiger charge is -2.13. The number of benzene rings is 1. The van der Waals surface area contributed by atoms with E-state index in [1.165, 1.54) is 0 Å². The third-order valence-electron chi connectivity index (χ3n) is 3.89. The van der Waals surface area contributed by atoms with Gasteiger partial charge in [-0.05, 0) is 43.5 Å². The molecule has 6 heteroatoms. The third kappa shape index (κ3) is 2.80. The zero-order chi connectivity index (χ0) is 14.8. The minimum absolute atomic E-state index is 0.0650. The number of nitrogens with two attached hydrogens (primary N) is 1. The van der Waals surface area contributed by atoms with E-state index in [4.69, 9.17) is 5.73 Å². The Kier molecular flexibility index (Phi) is 3.70. The van der Waals surface area contributed by atoms with Crippen LogP contribution in [-0.2, 0) is 0 Å². The number of carbonyl (C=O) groups excluding carboxylic acids is 1. The molecule has 1 aliphatic rings. The van der Waals surface area contributed by atoms with Gasteiger partial charge in [0.15, 0.2) is 5.69 Å². The minimum atomic E-state index is -0.0650. The second kappa shape index (κ2) is 5.65. The molecule has 2 N–H and O–H groups in total. The number of hydrogen-bond donors (Lipinski definition) is 1. The Morgan fingerprint density at radius 3 is 3.05 bits per heavy atom. The summed E-state index contributed by atoms with van der Waals surface area (Å²) in [6.07, 6.45) is 2.65. The maximum absolute atomic E-state index is 12.4. The summed E-state index contributed by atoms with van der Waals surface area (Å²) in [5, 5.41) is 8.06. The maximum Gasteiger partial charge on any atom is 0.276 e. The summed E-state index contributed by atoms with van der Waals surface area (Å²) < 4.78 is 1.64. The van der Waals surface area contributed by atoms with Crippen molar-refractivity contribution >= 4 is 5.91 Å². The molecule has 1 aliphatic heterocycles. The topological polar surface area (TPSA) is 77.0 Å². The molecule has 110 valence electrons. The van der Waals surface area contributed by atoms with Crippen LogP contribution in [0, 0.1) is 12.8 Å². The lowest BCUT2D eigenvalue weighted by atomic mass is 10.1. The van der Waals surface area contributed by atoms with Gasteiger partial charge in [0.25, 0.3) is 5.91 Å². The van der Waals surface area contributed by atoms with Gasteiger partial charge in [-0.2, -0.15) is 0 Å². The van der Waals surface area contributed by atoms with E-state index in [0.717, 1.165) is 24.2 Å². The first-order valence-corrected chi connectivity index (χ1v) is 7.16. The molecule has 0 saturated carbocycles. The highest BCUT2D eigenvalue weighted by atomic mass is 16.2. The number of hydrogen-bond acceptors (Lipinski definition) is 4. The third-order valence-corrected chi connectivity index (χ3v) is 3.89. The van der Waals surface area contributed by atoms with Crippen molar-refractivity contribution in [1.82, 2.24) is 19.9 Å². The van der Waals surface area contributed by atoms with E-state index in [2.05, 4.69) is 10.3 Å². The molecule has 2 aromatic rings. The predicted octanol–water partition coefficient (Wildman–Crippen LogP) is 0.997. The minimum Gasteiger partial charge on any atom is -0.337 e. The van der Waals surface area contributed by atoms with Crippen molar-refractivity contribution < 1.29 is 4.79 Å². The molecule has 1 aromatic carbocycles. The van der Waals surface area contributed by atoms with Crippen molar-refractivity contribution in [2.75, 3.05) is 19.6 Å². The number of aryl methyl sites for hydroxylation is 1. The molecule has 1 fully saturated rings. The largest absolute Gasteiger partial charge is 0.337 e. The Bertz CT molecular complexity index is 651. The van der Waals surface area contributed by atoms with Crippen molar-refractivity contribution in [2.24, 2.45) is 11.7 Å². The highest BCUT2D eigenvalue weighted by molar-refractivity contribution is 5.92. The highest BCUT2D eigenvalue weighted by Gasteiger charge is 2.27. The van der Waals surface area contributed by atoms with Crippen molar-refractivity contribution in [2.45, 2.75) is 13.3 Å². The van der Waals surface area contributed by atoms with Crippen LogP contribution in [0.1, 0.15) is 22.5 Å². The van der Waals surface area contributed by atoms with Crippen LogP contribution < -0.4 is 5.73 Å². The molecular weight excluding hydrogens is 266 g/mol. The Morgan fingerprint density at radius 1 is 1.48 bits per heavy atom. The summed E-state index contributed by atoms with van der Waals surface area (Å²) in [5.41, 5.74) is 8.09. The van der Waals surface area contributed by atoms with Gasteiger partial charge in [-0.15, -0.1) is 5.10 Å². The predicted molar refractivity (Wildman–Crippen MR) is 79.2 cm³/mol. The number of rotatable bonds is 3. The Hall–Kier alpha value is -2.21.